The van der Waals surface area contributed by atoms with Crippen molar-refractivity contribution in [2.24, 2.45) is 40.4 Å². The van der Waals surface area contributed by atoms with E-state index >= 15 is 0 Å². The van der Waals surface area contributed by atoms with Gasteiger partial charge in [-0.2, -0.15) is 0 Å². The van der Waals surface area contributed by atoms with Gasteiger partial charge < -0.3 is 14.9 Å². The Kier molecular flexibility index (Phi) is 5.59. The lowest BCUT2D eigenvalue weighted by molar-refractivity contribution is -0.171. The predicted octanol–water partition coefficient (Wildman–Crippen LogP) is 4.32. The topological polar surface area (TPSA) is 66.8 Å². The maximum Gasteiger partial charge on any atom is 0.305 e. The fraction of sp³-hybridized carbons (Fsp3) is 0.958. The van der Waals surface area contributed by atoms with Gasteiger partial charge in [0.15, 0.2) is 0 Å². The summed E-state index contributed by atoms with van der Waals surface area (Å²) in [5, 5.41) is 21.3. The maximum absolute atomic E-state index is 11.5. The third kappa shape index (κ3) is 3.23. The summed E-state index contributed by atoms with van der Waals surface area (Å²) in [6.07, 6.45) is 11.0. The third-order valence-corrected chi connectivity index (χ3v) is 10.0. The zero-order valence-corrected chi connectivity index (χ0v) is 18.0. The normalized spacial score (nSPS) is 50.4. The van der Waals surface area contributed by atoms with Gasteiger partial charge in [0.1, 0.15) is 0 Å². The van der Waals surface area contributed by atoms with E-state index in [0.717, 1.165) is 38.5 Å². The Balaban J connectivity index is 1.48. The van der Waals surface area contributed by atoms with Crippen LogP contribution in [0.15, 0.2) is 0 Å². The van der Waals surface area contributed by atoms with Crippen LogP contribution in [0, 0.1) is 40.4 Å². The summed E-state index contributed by atoms with van der Waals surface area (Å²) in [4.78, 5) is 11.5. The van der Waals surface area contributed by atoms with Gasteiger partial charge in [0.2, 0.25) is 0 Å². The Labute approximate surface area is 170 Å². The average molecular weight is 393 g/mol. The summed E-state index contributed by atoms with van der Waals surface area (Å²) in [6, 6.07) is 0. The summed E-state index contributed by atoms with van der Waals surface area (Å²) in [7, 11) is 1.48. The van der Waals surface area contributed by atoms with Crippen molar-refractivity contribution in [1.82, 2.24) is 0 Å². The molecule has 4 aliphatic carbocycles. The molecule has 9 atom stereocenters. The van der Waals surface area contributed by atoms with E-state index in [0.29, 0.717) is 35.5 Å². The van der Waals surface area contributed by atoms with E-state index in [1.54, 1.807) is 0 Å². The number of ether oxygens (including phenoxy) is 1. The van der Waals surface area contributed by atoms with E-state index in [-0.39, 0.29) is 29.5 Å². The number of esters is 1. The van der Waals surface area contributed by atoms with Crippen LogP contribution in [-0.4, -0.2) is 35.5 Å². The second-order valence-electron chi connectivity index (χ2n) is 11.0. The molecule has 0 unspecified atom stereocenters. The van der Waals surface area contributed by atoms with Crippen LogP contribution in [0.1, 0.15) is 84.5 Å². The molecule has 160 valence electrons. The molecule has 0 saturated heterocycles. The molecule has 0 bridgehead atoms. The van der Waals surface area contributed by atoms with Crippen molar-refractivity contribution >= 4 is 5.97 Å². The van der Waals surface area contributed by atoms with Crippen LogP contribution in [0.2, 0.25) is 0 Å². The second-order valence-corrected chi connectivity index (χ2v) is 11.0. The molecular weight excluding hydrogens is 352 g/mol. The highest BCUT2D eigenvalue weighted by molar-refractivity contribution is 5.68. The lowest BCUT2D eigenvalue weighted by Crippen LogP contribution is -2.58. The molecule has 0 aromatic rings. The first-order valence-corrected chi connectivity index (χ1v) is 11.7. The highest BCUT2D eigenvalue weighted by atomic mass is 16.5. The molecule has 0 spiro atoms. The quantitative estimate of drug-likeness (QED) is 0.699. The number of carbonyl (C=O) groups is 1. The Bertz CT molecular complexity index is 591. The van der Waals surface area contributed by atoms with Crippen molar-refractivity contribution in [3.8, 4) is 0 Å². The van der Waals surface area contributed by atoms with Gasteiger partial charge in [0, 0.05) is 6.42 Å². The molecule has 0 aliphatic heterocycles. The van der Waals surface area contributed by atoms with Crippen LogP contribution in [0.4, 0.5) is 0 Å². The van der Waals surface area contributed by atoms with Gasteiger partial charge in [-0.15, -0.1) is 0 Å². The number of methoxy groups -OCH3 is 1. The fourth-order valence-electron chi connectivity index (χ4n) is 8.46. The standard InChI is InChI=1S/C24H40O4/c1-23-12-10-19-17(14-21(26)20-13-16(25)9-11-24(19,20)2)18(23)8-7-15(23)5-4-6-22(27)28-3/h15-21,25-26H,4-14H2,1-3H3/t15-,16+,17-,18-,19-,20-,21-,23+,24+/m0/s1. The molecule has 2 N–H and O–H groups in total. The van der Waals surface area contributed by atoms with Gasteiger partial charge in [-0.1, -0.05) is 13.8 Å². The van der Waals surface area contributed by atoms with Crippen molar-refractivity contribution in [3.05, 3.63) is 0 Å². The molecule has 4 fully saturated rings. The lowest BCUT2D eigenvalue weighted by Gasteiger charge is -2.62. The summed E-state index contributed by atoms with van der Waals surface area (Å²) in [5.74, 6) is 2.96. The van der Waals surface area contributed by atoms with Crippen molar-refractivity contribution in [2.75, 3.05) is 7.11 Å². The van der Waals surface area contributed by atoms with Crippen molar-refractivity contribution in [2.45, 2.75) is 96.7 Å². The fourth-order valence-corrected chi connectivity index (χ4v) is 8.46. The molecule has 4 nitrogen and oxygen atoms in total. The smallest absolute Gasteiger partial charge is 0.305 e. The third-order valence-electron chi connectivity index (χ3n) is 10.0. The Hall–Kier alpha value is -0.610. The minimum absolute atomic E-state index is 0.0859. The zero-order valence-electron chi connectivity index (χ0n) is 18.0. The van der Waals surface area contributed by atoms with Gasteiger partial charge >= 0.3 is 5.97 Å². The van der Waals surface area contributed by atoms with Crippen LogP contribution in [0.25, 0.3) is 0 Å². The van der Waals surface area contributed by atoms with Crippen molar-refractivity contribution in [1.29, 1.82) is 0 Å². The molecule has 4 aliphatic rings. The van der Waals surface area contributed by atoms with Gasteiger partial charge in [-0.25, -0.2) is 0 Å². The number of rotatable bonds is 4. The zero-order chi connectivity index (χ0) is 20.1. The largest absolute Gasteiger partial charge is 0.469 e. The summed E-state index contributed by atoms with van der Waals surface area (Å²) in [5.41, 5.74) is 0.570. The molecule has 0 aromatic carbocycles. The Morgan fingerprint density at radius 3 is 2.43 bits per heavy atom. The van der Waals surface area contributed by atoms with E-state index in [1.165, 1.54) is 32.8 Å². The van der Waals surface area contributed by atoms with E-state index in [2.05, 4.69) is 13.8 Å². The number of aliphatic hydroxyl groups is 2. The van der Waals surface area contributed by atoms with Crippen LogP contribution in [-0.2, 0) is 9.53 Å². The van der Waals surface area contributed by atoms with E-state index < -0.39 is 0 Å². The van der Waals surface area contributed by atoms with Crippen LogP contribution < -0.4 is 0 Å². The monoisotopic (exact) mass is 392 g/mol. The summed E-state index contributed by atoms with van der Waals surface area (Å²) >= 11 is 0. The molecule has 0 amide bonds. The van der Waals surface area contributed by atoms with Crippen LogP contribution in [0.3, 0.4) is 0 Å². The van der Waals surface area contributed by atoms with Gasteiger partial charge in [-0.05, 0) is 105 Å². The molecule has 0 aromatic heterocycles. The molecule has 4 rings (SSSR count). The highest BCUT2D eigenvalue weighted by Gasteiger charge is 2.61. The van der Waals surface area contributed by atoms with Crippen molar-refractivity contribution in [3.63, 3.8) is 0 Å². The van der Waals surface area contributed by atoms with E-state index in [4.69, 9.17) is 4.74 Å². The molecule has 4 heteroatoms. The Morgan fingerprint density at radius 2 is 1.68 bits per heavy atom. The maximum atomic E-state index is 11.5. The number of aliphatic hydroxyl groups excluding tert-OH is 2. The number of carbonyl (C=O) groups excluding carboxylic acids is 1. The first-order valence-electron chi connectivity index (χ1n) is 11.7. The predicted molar refractivity (Wildman–Crippen MR) is 108 cm³/mol. The number of hydrogen-bond donors (Lipinski definition) is 2. The van der Waals surface area contributed by atoms with Crippen LogP contribution >= 0.6 is 0 Å². The summed E-state index contributed by atoms with van der Waals surface area (Å²) in [6.45, 7) is 4.93. The SMILES string of the molecule is COC(=O)CCC[C@H]1CC[C@H]2[C@@H]3C[C@H](O)[C@@H]4C[C@H](O)CC[C@]4(C)[C@H]3CC[C@]12C. The molecule has 4 saturated carbocycles. The van der Waals surface area contributed by atoms with E-state index in [1.807, 2.05) is 0 Å². The first kappa shape index (κ1) is 20.7. The second kappa shape index (κ2) is 7.58. The molecule has 0 heterocycles. The molecule has 0 radical (unpaired) electrons. The van der Waals surface area contributed by atoms with E-state index in [9.17, 15) is 15.0 Å². The average Bonchev–Trinajstić information content (AvgIpc) is 3.00. The van der Waals surface area contributed by atoms with Gasteiger partial charge in [0.05, 0.1) is 19.3 Å². The molecular formula is C24H40O4. The number of hydrogen-bond acceptors (Lipinski definition) is 4. The highest BCUT2D eigenvalue weighted by Crippen LogP contribution is 2.67. The van der Waals surface area contributed by atoms with Crippen LogP contribution in [0.5, 0.6) is 0 Å². The minimum atomic E-state index is -0.248. The molecule has 28 heavy (non-hydrogen) atoms. The van der Waals surface area contributed by atoms with Crippen molar-refractivity contribution < 1.29 is 19.7 Å². The Morgan fingerprint density at radius 1 is 0.964 bits per heavy atom. The van der Waals surface area contributed by atoms with Gasteiger partial charge in [0.25, 0.3) is 0 Å². The van der Waals surface area contributed by atoms with Gasteiger partial charge in [-0.3, -0.25) is 4.79 Å². The lowest BCUT2D eigenvalue weighted by atomic mass is 9.44. The summed E-state index contributed by atoms with van der Waals surface area (Å²) < 4.78 is 4.81. The first-order chi connectivity index (χ1) is 13.3. The minimum Gasteiger partial charge on any atom is -0.469 e. The number of fused-ring (bicyclic) bond motifs is 5.